The first-order valence-corrected chi connectivity index (χ1v) is 6.68. The van der Waals surface area contributed by atoms with Gasteiger partial charge < -0.3 is 14.7 Å². The van der Waals surface area contributed by atoms with Gasteiger partial charge >= 0.3 is 5.97 Å². The van der Waals surface area contributed by atoms with Crippen LogP contribution in [-0.2, 0) is 4.74 Å². The molecule has 5 nitrogen and oxygen atoms in total. The van der Waals surface area contributed by atoms with Gasteiger partial charge in [-0.25, -0.2) is 9.78 Å². The predicted molar refractivity (Wildman–Crippen MR) is 72.3 cm³/mol. The van der Waals surface area contributed by atoms with Crippen LogP contribution in [0.4, 0.5) is 5.82 Å². The molecule has 0 amide bonds. The normalized spacial score (nSPS) is 18.6. The number of aromatic nitrogens is 1. The third-order valence-corrected chi connectivity index (χ3v) is 3.53. The molecule has 104 valence electrons. The van der Waals surface area contributed by atoms with Gasteiger partial charge in [0.1, 0.15) is 5.82 Å². The van der Waals surface area contributed by atoms with E-state index in [2.05, 4.69) is 9.88 Å². The number of carbonyl (C=O) groups is 1. The van der Waals surface area contributed by atoms with Crippen molar-refractivity contribution in [2.75, 3.05) is 25.2 Å². The molecule has 2 heterocycles. The maximum absolute atomic E-state index is 11.5. The largest absolute Gasteiger partial charge is 0.465 e. The van der Waals surface area contributed by atoms with Gasteiger partial charge in [-0.2, -0.15) is 0 Å². The van der Waals surface area contributed by atoms with Crippen molar-refractivity contribution in [3.8, 4) is 0 Å². The number of anilines is 1. The molecule has 0 aromatic carbocycles. The predicted octanol–water partition coefficient (Wildman–Crippen LogP) is 1.61. The second kappa shape index (κ2) is 6.52. The zero-order valence-corrected chi connectivity index (χ0v) is 11.2. The van der Waals surface area contributed by atoms with Crippen molar-refractivity contribution in [1.29, 1.82) is 0 Å². The molecule has 1 fully saturated rings. The Hall–Kier alpha value is -1.62. The molecule has 0 aliphatic carbocycles. The molecule has 1 saturated heterocycles. The van der Waals surface area contributed by atoms with E-state index >= 15 is 0 Å². The second-order valence-corrected chi connectivity index (χ2v) is 4.75. The molecule has 2 rings (SSSR count). The van der Waals surface area contributed by atoms with Gasteiger partial charge in [-0.3, -0.25) is 0 Å². The molecule has 0 spiro atoms. The summed E-state index contributed by atoms with van der Waals surface area (Å²) in [5.41, 5.74) is 0.528. The number of esters is 1. The van der Waals surface area contributed by atoms with Gasteiger partial charge in [0, 0.05) is 25.4 Å². The number of nitrogens with zero attached hydrogens (tertiary/aromatic N) is 2. The van der Waals surface area contributed by atoms with Crippen molar-refractivity contribution in [2.24, 2.45) is 0 Å². The molecule has 1 aliphatic heterocycles. The number of hydrogen-bond donors (Lipinski definition) is 1. The number of hydrogen-bond acceptors (Lipinski definition) is 5. The van der Waals surface area contributed by atoms with Crippen molar-refractivity contribution in [3.05, 3.63) is 23.9 Å². The molecular formula is C14H20N2O3. The van der Waals surface area contributed by atoms with Gasteiger partial charge in [0.25, 0.3) is 0 Å². The third kappa shape index (κ3) is 3.23. The van der Waals surface area contributed by atoms with Gasteiger partial charge in [-0.05, 0) is 37.8 Å². The average molecular weight is 264 g/mol. The van der Waals surface area contributed by atoms with Gasteiger partial charge in [0.15, 0.2) is 0 Å². The van der Waals surface area contributed by atoms with Gasteiger partial charge in [0.2, 0.25) is 0 Å². The summed E-state index contributed by atoms with van der Waals surface area (Å²) >= 11 is 0. The topological polar surface area (TPSA) is 62.7 Å². The number of aliphatic hydroxyl groups excluding tert-OH is 1. The fourth-order valence-corrected chi connectivity index (χ4v) is 2.58. The van der Waals surface area contributed by atoms with Crippen molar-refractivity contribution < 1.29 is 14.6 Å². The summed E-state index contributed by atoms with van der Waals surface area (Å²) in [6.07, 6.45) is 5.64. The molecule has 1 aliphatic rings. The molecule has 1 aromatic heterocycles. The fraction of sp³-hybridized carbons (Fsp3) is 0.571. The number of rotatable bonds is 5. The van der Waals surface area contributed by atoms with Gasteiger partial charge in [0.05, 0.1) is 12.7 Å². The average Bonchev–Trinajstić information content (AvgIpc) is 2.92. The summed E-state index contributed by atoms with van der Waals surface area (Å²) < 4.78 is 4.73. The van der Waals surface area contributed by atoms with E-state index in [1.165, 1.54) is 7.11 Å². The monoisotopic (exact) mass is 264 g/mol. The number of methoxy groups -OCH3 is 1. The summed E-state index contributed by atoms with van der Waals surface area (Å²) in [7, 11) is 1.38. The lowest BCUT2D eigenvalue weighted by Crippen LogP contribution is -2.30. The standard InChI is InChI=1S/C14H20N2O3/c1-19-14(18)11-6-7-15-13(10-11)16-8-2-4-12(16)5-3-9-17/h6-7,10,12,17H,2-5,8-9H2,1H3. The lowest BCUT2D eigenvalue weighted by atomic mass is 10.1. The molecule has 0 radical (unpaired) electrons. The maximum Gasteiger partial charge on any atom is 0.338 e. The van der Waals surface area contributed by atoms with Gasteiger partial charge in [-0.1, -0.05) is 0 Å². The van der Waals surface area contributed by atoms with E-state index in [0.29, 0.717) is 11.6 Å². The molecule has 5 heteroatoms. The van der Waals surface area contributed by atoms with Crippen LogP contribution in [0.2, 0.25) is 0 Å². The minimum atomic E-state index is -0.338. The Bertz CT molecular complexity index is 436. The molecule has 0 saturated carbocycles. The van der Waals surface area contributed by atoms with Crippen molar-refractivity contribution in [3.63, 3.8) is 0 Å². The highest BCUT2D eigenvalue weighted by atomic mass is 16.5. The summed E-state index contributed by atoms with van der Waals surface area (Å²) in [5, 5.41) is 8.94. The van der Waals surface area contributed by atoms with Crippen LogP contribution in [0.1, 0.15) is 36.0 Å². The number of pyridine rings is 1. The summed E-state index contributed by atoms with van der Waals surface area (Å²) in [6, 6.07) is 3.85. The molecular weight excluding hydrogens is 244 g/mol. The molecule has 1 N–H and O–H groups in total. The van der Waals surface area contributed by atoms with Crippen molar-refractivity contribution in [2.45, 2.75) is 31.7 Å². The van der Waals surface area contributed by atoms with Crippen LogP contribution >= 0.6 is 0 Å². The Morgan fingerprint density at radius 1 is 1.63 bits per heavy atom. The Labute approximate surface area is 113 Å². The molecule has 1 atom stereocenters. The maximum atomic E-state index is 11.5. The molecule has 1 unspecified atom stereocenters. The van der Waals surface area contributed by atoms with E-state index in [4.69, 9.17) is 9.84 Å². The van der Waals surface area contributed by atoms with Crippen LogP contribution in [0.25, 0.3) is 0 Å². The summed E-state index contributed by atoms with van der Waals surface area (Å²) in [6.45, 7) is 1.17. The first kappa shape index (κ1) is 13.8. The second-order valence-electron chi connectivity index (χ2n) is 4.75. The van der Waals surface area contributed by atoms with E-state index in [1.807, 2.05) is 0 Å². The number of carbonyl (C=O) groups excluding carboxylic acids is 1. The van der Waals surface area contributed by atoms with Crippen LogP contribution in [-0.4, -0.2) is 42.4 Å². The fourth-order valence-electron chi connectivity index (χ4n) is 2.58. The van der Waals surface area contributed by atoms with E-state index in [-0.39, 0.29) is 12.6 Å². The summed E-state index contributed by atoms with van der Waals surface area (Å²) in [5.74, 6) is 0.484. The van der Waals surface area contributed by atoms with Crippen LogP contribution in [0.3, 0.4) is 0 Å². The van der Waals surface area contributed by atoms with Crippen LogP contribution in [0, 0.1) is 0 Å². The Kier molecular flexibility index (Phi) is 4.74. The highest BCUT2D eigenvalue weighted by Gasteiger charge is 2.25. The smallest absolute Gasteiger partial charge is 0.338 e. The third-order valence-electron chi connectivity index (χ3n) is 3.53. The van der Waals surface area contributed by atoms with Crippen molar-refractivity contribution in [1.82, 2.24) is 4.98 Å². The van der Waals surface area contributed by atoms with Crippen molar-refractivity contribution >= 4 is 11.8 Å². The minimum absolute atomic E-state index is 0.222. The Balaban J connectivity index is 2.14. The van der Waals surface area contributed by atoms with E-state index < -0.39 is 0 Å². The van der Waals surface area contributed by atoms with Crippen LogP contribution in [0.15, 0.2) is 18.3 Å². The summed E-state index contributed by atoms with van der Waals surface area (Å²) in [4.78, 5) is 18.1. The number of aliphatic hydroxyl groups is 1. The first-order valence-electron chi connectivity index (χ1n) is 6.68. The van der Waals surface area contributed by atoms with Crippen LogP contribution in [0.5, 0.6) is 0 Å². The quantitative estimate of drug-likeness (QED) is 0.819. The molecule has 1 aromatic rings. The van der Waals surface area contributed by atoms with E-state index in [1.54, 1.807) is 18.3 Å². The van der Waals surface area contributed by atoms with Crippen LogP contribution < -0.4 is 4.90 Å². The highest BCUT2D eigenvalue weighted by molar-refractivity contribution is 5.90. The highest BCUT2D eigenvalue weighted by Crippen LogP contribution is 2.27. The zero-order chi connectivity index (χ0) is 13.7. The van der Waals surface area contributed by atoms with Gasteiger partial charge in [-0.15, -0.1) is 0 Å². The van der Waals surface area contributed by atoms with E-state index in [9.17, 15) is 4.79 Å². The lowest BCUT2D eigenvalue weighted by Gasteiger charge is -2.25. The number of ether oxygens (including phenoxy) is 1. The first-order chi connectivity index (χ1) is 9.26. The molecule has 19 heavy (non-hydrogen) atoms. The SMILES string of the molecule is COC(=O)c1ccnc(N2CCCC2CCCO)c1. The zero-order valence-electron chi connectivity index (χ0n) is 11.2. The molecule has 0 bridgehead atoms. The minimum Gasteiger partial charge on any atom is -0.465 e. The Morgan fingerprint density at radius 2 is 2.47 bits per heavy atom. The van der Waals surface area contributed by atoms with E-state index in [0.717, 1.165) is 38.0 Å². The lowest BCUT2D eigenvalue weighted by molar-refractivity contribution is 0.0600. The Morgan fingerprint density at radius 3 is 3.21 bits per heavy atom.